The molecule has 24 heavy (non-hydrogen) atoms. The first-order valence-electron chi connectivity index (χ1n) is 7.94. The van der Waals surface area contributed by atoms with Crippen LogP contribution in [0.5, 0.6) is 0 Å². The summed E-state index contributed by atoms with van der Waals surface area (Å²) in [6.07, 6.45) is 1.21. The van der Waals surface area contributed by atoms with Crippen LogP contribution in [-0.4, -0.2) is 15.3 Å². The van der Waals surface area contributed by atoms with Crippen molar-refractivity contribution in [1.82, 2.24) is 9.66 Å². The van der Waals surface area contributed by atoms with E-state index in [0.717, 1.165) is 16.0 Å². The highest BCUT2D eigenvalue weighted by Crippen LogP contribution is 2.31. The molecular weight excluding hydrogens is 322 g/mol. The Morgan fingerprint density at radius 1 is 1.33 bits per heavy atom. The predicted molar refractivity (Wildman–Crippen MR) is 95.9 cm³/mol. The number of fused-ring (bicyclic) bond motifs is 2. The maximum absolute atomic E-state index is 12.9. The van der Waals surface area contributed by atoms with Crippen LogP contribution in [0.3, 0.4) is 0 Å². The predicted octanol–water partition coefficient (Wildman–Crippen LogP) is 2.61. The second-order valence-corrected chi connectivity index (χ2v) is 7.86. The summed E-state index contributed by atoms with van der Waals surface area (Å²) in [5, 5.41) is 0. The molecule has 1 aromatic carbocycles. The van der Waals surface area contributed by atoms with Crippen LogP contribution in [0.4, 0.5) is 0 Å². The van der Waals surface area contributed by atoms with Crippen molar-refractivity contribution in [3.63, 3.8) is 0 Å². The summed E-state index contributed by atoms with van der Waals surface area (Å²) in [5.41, 5.74) is 2.10. The zero-order valence-electron chi connectivity index (χ0n) is 13.7. The summed E-state index contributed by atoms with van der Waals surface area (Å²) >= 11 is 1.51. The van der Waals surface area contributed by atoms with Gasteiger partial charge in [0, 0.05) is 23.3 Å². The minimum absolute atomic E-state index is 0.00589. The first-order valence-corrected chi connectivity index (χ1v) is 8.75. The van der Waals surface area contributed by atoms with Gasteiger partial charge >= 0.3 is 0 Å². The minimum atomic E-state index is -0.315. The highest BCUT2D eigenvalue weighted by atomic mass is 32.1. The minimum Gasteiger partial charge on any atom is -0.370 e. The lowest BCUT2D eigenvalue weighted by molar-refractivity contribution is -0.0386. The molecular formula is C18H19N3O2S. The zero-order chi connectivity index (χ0) is 16.9. The Labute approximate surface area is 143 Å². The lowest BCUT2D eigenvalue weighted by atomic mass is 9.96. The molecule has 0 bridgehead atoms. The standard InChI is InChI=1S/C18H19N3O2S/c1-18(2)9-12-13(10-23-18)24-17-15(16(12)22)20-14(21(17)19)8-11-6-4-3-5-7-11/h3-7H,8-10,19H2,1-2H3. The van der Waals surface area contributed by atoms with Gasteiger partial charge in [0.25, 0.3) is 0 Å². The van der Waals surface area contributed by atoms with Crippen molar-refractivity contribution in [3.05, 3.63) is 62.4 Å². The van der Waals surface area contributed by atoms with E-state index in [9.17, 15) is 4.79 Å². The number of benzene rings is 1. The number of aromatic nitrogens is 2. The van der Waals surface area contributed by atoms with Crippen LogP contribution >= 0.6 is 11.3 Å². The first kappa shape index (κ1) is 15.4. The number of rotatable bonds is 2. The summed E-state index contributed by atoms with van der Waals surface area (Å²) in [6.45, 7) is 4.47. The maximum atomic E-state index is 12.9. The molecule has 0 saturated carbocycles. The van der Waals surface area contributed by atoms with E-state index in [-0.39, 0.29) is 11.0 Å². The molecule has 5 nitrogen and oxygen atoms in total. The molecule has 0 amide bonds. The number of nitrogens with two attached hydrogens (primary N) is 1. The molecule has 1 aliphatic heterocycles. The van der Waals surface area contributed by atoms with Crippen molar-refractivity contribution in [2.75, 3.05) is 5.84 Å². The zero-order valence-corrected chi connectivity index (χ0v) is 14.5. The fourth-order valence-electron chi connectivity index (χ4n) is 3.09. The van der Waals surface area contributed by atoms with Crippen LogP contribution < -0.4 is 11.3 Å². The molecule has 3 aromatic rings. The van der Waals surface area contributed by atoms with E-state index in [1.807, 2.05) is 44.2 Å². The van der Waals surface area contributed by atoms with Crippen LogP contribution in [0.15, 0.2) is 35.1 Å². The van der Waals surface area contributed by atoms with E-state index in [1.165, 1.54) is 11.3 Å². The molecule has 1 aliphatic rings. The van der Waals surface area contributed by atoms with Gasteiger partial charge in [0.05, 0.1) is 12.2 Å². The molecule has 2 aromatic heterocycles. The first-order chi connectivity index (χ1) is 11.4. The number of hydrogen-bond donors (Lipinski definition) is 1. The smallest absolute Gasteiger partial charge is 0.211 e. The average Bonchev–Trinajstić information content (AvgIpc) is 2.86. The number of hydrogen-bond acceptors (Lipinski definition) is 5. The van der Waals surface area contributed by atoms with Crippen LogP contribution in [0.2, 0.25) is 0 Å². The third kappa shape index (κ3) is 2.52. The number of imidazole rings is 1. The topological polar surface area (TPSA) is 70.1 Å². The summed E-state index contributed by atoms with van der Waals surface area (Å²) in [4.78, 5) is 19.1. The van der Waals surface area contributed by atoms with E-state index < -0.39 is 0 Å². The van der Waals surface area contributed by atoms with Gasteiger partial charge in [0.15, 0.2) is 0 Å². The molecule has 0 unspecified atom stereocenters. The molecule has 0 spiro atoms. The molecule has 6 heteroatoms. The van der Waals surface area contributed by atoms with Crippen LogP contribution in [0.25, 0.3) is 10.3 Å². The Kier molecular flexibility index (Phi) is 3.47. The van der Waals surface area contributed by atoms with Gasteiger partial charge in [0.1, 0.15) is 16.2 Å². The fraction of sp³-hybridized carbons (Fsp3) is 0.333. The van der Waals surface area contributed by atoms with Gasteiger partial charge < -0.3 is 10.6 Å². The van der Waals surface area contributed by atoms with Crippen molar-refractivity contribution >= 4 is 21.7 Å². The third-order valence-electron chi connectivity index (χ3n) is 4.39. The molecule has 0 aliphatic carbocycles. The van der Waals surface area contributed by atoms with Gasteiger partial charge in [-0.2, -0.15) is 0 Å². The largest absolute Gasteiger partial charge is 0.370 e. The number of nitrogen functional groups attached to an aromatic ring is 1. The Hall–Kier alpha value is -2.18. The Bertz CT molecular complexity index is 973. The quantitative estimate of drug-likeness (QED) is 0.728. The summed E-state index contributed by atoms with van der Waals surface area (Å²) < 4.78 is 7.39. The average molecular weight is 341 g/mol. The van der Waals surface area contributed by atoms with Gasteiger partial charge in [-0.1, -0.05) is 30.3 Å². The van der Waals surface area contributed by atoms with E-state index in [0.29, 0.717) is 35.6 Å². The van der Waals surface area contributed by atoms with Crippen molar-refractivity contribution in [1.29, 1.82) is 0 Å². The van der Waals surface area contributed by atoms with Gasteiger partial charge in [-0.15, -0.1) is 11.3 Å². The normalized spacial score (nSPS) is 16.2. The highest BCUT2D eigenvalue weighted by Gasteiger charge is 2.30. The van der Waals surface area contributed by atoms with E-state index in [1.54, 1.807) is 4.68 Å². The maximum Gasteiger partial charge on any atom is 0.211 e. The van der Waals surface area contributed by atoms with Crippen LogP contribution in [0, 0.1) is 0 Å². The molecule has 124 valence electrons. The van der Waals surface area contributed by atoms with Crippen molar-refractivity contribution < 1.29 is 4.74 Å². The molecule has 0 fully saturated rings. The summed E-state index contributed by atoms with van der Waals surface area (Å²) in [6, 6.07) is 10.0. The second-order valence-electron chi connectivity index (χ2n) is 6.77. The second kappa shape index (κ2) is 5.43. The van der Waals surface area contributed by atoms with Crippen LogP contribution in [-0.2, 0) is 24.2 Å². The van der Waals surface area contributed by atoms with Gasteiger partial charge in [-0.05, 0) is 19.4 Å². The Balaban J connectivity index is 1.84. The lowest BCUT2D eigenvalue weighted by Gasteiger charge is -2.30. The summed E-state index contributed by atoms with van der Waals surface area (Å²) in [7, 11) is 0. The molecule has 3 heterocycles. The van der Waals surface area contributed by atoms with E-state index >= 15 is 0 Å². The van der Waals surface area contributed by atoms with Gasteiger partial charge in [-0.3, -0.25) is 4.79 Å². The fourth-order valence-corrected chi connectivity index (χ4v) is 4.17. The van der Waals surface area contributed by atoms with Gasteiger partial charge in [0.2, 0.25) is 5.43 Å². The lowest BCUT2D eigenvalue weighted by Crippen LogP contribution is -2.34. The Morgan fingerprint density at radius 2 is 2.08 bits per heavy atom. The number of nitrogens with zero attached hydrogens (tertiary/aromatic N) is 2. The molecule has 4 rings (SSSR count). The number of ether oxygens (including phenoxy) is 1. The van der Waals surface area contributed by atoms with Gasteiger partial charge in [-0.25, -0.2) is 9.66 Å². The summed E-state index contributed by atoms with van der Waals surface area (Å²) in [5.74, 6) is 6.93. The van der Waals surface area contributed by atoms with Crippen molar-refractivity contribution in [2.24, 2.45) is 0 Å². The van der Waals surface area contributed by atoms with E-state index in [2.05, 4.69) is 4.98 Å². The van der Waals surface area contributed by atoms with E-state index in [4.69, 9.17) is 10.6 Å². The molecule has 2 N–H and O–H groups in total. The monoisotopic (exact) mass is 341 g/mol. The third-order valence-corrected chi connectivity index (χ3v) is 5.58. The van der Waals surface area contributed by atoms with Crippen molar-refractivity contribution in [3.8, 4) is 0 Å². The molecule has 0 saturated heterocycles. The SMILES string of the molecule is CC1(C)Cc2c(sc3c(nc(Cc4ccccc4)n3N)c2=O)CO1. The van der Waals surface area contributed by atoms with Crippen molar-refractivity contribution in [2.45, 2.75) is 38.9 Å². The molecule has 0 atom stereocenters. The molecule has 0 radical (unpaired) electrons. The highest BCUT2D eigenvalue weighted by molar-refractivity contribution is 7.18. The van der Waals surface area contributed by atoms with Crippen LogP contribution in [0.1, 0.15) is 35.7 Å². The Morgan fingerprint density at radius 3 is 2.83 bits per heavy atom.